The van der Waals surface area contributed by atoms with E-state index in [9.17, 15) is 4.79 Å². The van der Waals surface area contributed by atoms with Gasteiger partial charge in [-0.1, -0.05) is 11.6 Å². The number of amides is 1. The zero-order valence-corrected chi connectivity index (χ0v) is 10.1. The quantitative estimate of drug-likeness (QED) is 0.857. The summed E-state index contributed by atoms with van der Waals surface area (Å²) in [7, 11) is 1.35. The summed E-state index contributed by atoms with van der Waals surface area (Å²) in [5.41, 5.74) is 0. The molecule has 2 rings (SSSR count). The lowest BCUT2D eigenvalue weighted by Gasteiger charge is -2.16. The van der Waals surface area contributed by atoms with Crippen LogP contribution in [0.15, 0.2) is 12.1 Å². The summed E-state index contributed by atoms with van der Waals surface area (Å²) in [6.07, 6.45) is 0.457. The summed E-state index contributed by atoms with van der Waals surface area (Å²) in [6, 6.07) is 3.60. The molecule has 1 atom stereocenters. The van der Waals surface area contributed by atoms with Gasteiger partial charge in [0.1, 0.15) is 0 Å². The second-order valence-corrected chi connectivity index (χ2v) is 4.17. The molecule has 1 saturated heterocycles. The van der Waals surface area contributed by atoms with Crippen molar-refractivity contribution in [2.45, 2.75) is 12.5 Å². The largest absolute Gasteiger partial charge is 0.453 e. The van der Waals surface area contributed by atoms with E-state index in [1.54, 1.807) is 6.07 Å². The topological polar surface area (TPSA) is 67.3 Å². The second-order valence-electron chi connectivity index (χ2n) is 3.78. The van der Waals surface area contributed by atoms with Gasteiger partial charge in [0.25, 0.3) is 0 Å². The van der Waals surface area contributed by atoms with Crippen molar-refractivity contribution < 1.29 is 9.53 Å². The van der Waals surface area contributed by atoms with Crippen LogP contribution in [0.2, 0.25) is 5.15 Å². The van der Waals surface area contributed by atoms with E-state index in [0.717, 1.165) is 18.8 Å². The van der Waals surface area contributed by atoms with Crippen LogP contribution in [0.4, 0.5) is 10.6 Å². The minimum Gasteiger partial charge on any atom is -0.453 e. The number of carbonyl (C=O) groups excluding carboxylic acids is 1. The number of hydrogen-bond donors (Lipinski definition) is 1. The number of alkyl carbamates (subject to hydrolysis) is 1. The third kappa shape index (κ3) is 2.97. The molecule has 1 aromatic rings. The molecule has 0 aliphatic carbocycles. The van der Waals surface area contributed by atoms with Crippen molar-refractivity contribution in [3.8, 4) is 0 Å². The molecule has 1 N–H and O–H groups in total. The van der Waals surface area contributed by atoms with Crippen molar-refractivity contribution in [3.63, 3.8) is 0 Å². The number of nitrogens with zero attached hydrogens (tertiary/aromatic N) is 3. The number of rotatable bonds is 2. The monoisotopic (exact) mass is 256 g/mol. The number of halogens is 1. The van der Waals surface area contributed by atoms with E-state index in [1.807, 2.05) is 11.0 Å². The Bertz CT molecular complexity index is 398. The number of ether oxygens (including phenoxy) is 1. The molecular formula is C10H13ClN4O2. The van der Waals surface area contributed by atoms with Crippen LogP contribution in [-0.2, 0) is 4.74 Å². The number of aromatic nitrogens is 2. The van der Waals surface area contributed by atoms with Crippen LogP contribution < -0.4 is 10.2 Å². The van der Waals surface area contributed by atoms with Crippen molar-refractivity contribution in [2.75, 3.05) is 25.1 Å². The number of nitrogens with one attached hydrogen (secondary N) is 1. The molecule has 0 bridgehead atoms. The van der Waals surface area contributed by atoms with Gasteiger partial charge >= 0.3 is 6.09 Å². The van der Waals surface area contributed by atoms with Crippen LogP contribution in [0.3, 0.4) is 0 Å². The molecule has 17 heavy (non-hydrogen) atoms. The van der Waals surface area contributed by atoms with Crippen LogP contribution in [0.25, 0.3) is 0 Å². The van der Waals surface area contributed by atoms with E-state index in [4.69, 9.17) is 11.6 Å². The van der Waals surface area contributed by atoms with E-state index >= 15 is 0 Å². The predicted octanol–water partition coefficient (Wildman–Crippen LogP) is 1.06. The Labute approximate surface area is 104 Å². The Morgan fingerprint density at radius 3 is 3.06 bits per heavy atom. The molecule has 6 nitrogen and oxygen atoms in total. The molecule has 2 heterocycles. The van der Waals surface area contributed by atoms with Gasteiger partial charge in [0, 0.05) is 13.1 Å². The van der Waals surface area contributed by atoms with Gasteiger partial charge in [-0.3, -0.25) is 0 Å². The standard InChI is InChI=1S/C10H13ClN4O2/c1-17-10(16)12-7-4-5-15(6-7)9-3-2-8(11)13-14-9/h2-3,7H,4-6H2,1H3,(H,12,16). The number of anilines is 1. The van der Waals surface area contributed by atoms with Crippen molar-refractivity contribution in [1.29, 1.82) is 0 Å². The lowest BCUT2D eigenvalue weighted by atomic mass is 10.3. The molecule has 0 saturated carbocycles. The zero-order valence-electron chi connectivity index (χ0n) is 9.39. The van der Waals surface area contributed by atoms with E-state index in [1.165, 1.54) is 7.11 Å². The average Bonchev–Trinajstić information content (AvgIpc) is 2.78. The van der Waals surface area contributed by atoms with Crippen LogP contribution in [0.5, 0.6) is 0 Å². The highest BCUT2D eigenvalue weighted by Crippen LogP contribution is 2.18. The van der Waals surface area contributed by atoms with Crippen LogP contribution in [0, 0.1) is 0 Å². The Balaban J connectivity index is 1.93. The molecule has 0 aromatic carbocycles. The van der Waals surface area contributed by atoms with Gasteiger partial charge in [0.2, 0.25) is 0 Å². The van der Waals surface area contributed by atoms with E-state index in [-0.39, 0.29) is 6.04 Å². The van der Waals surface area contributed by atoms with Crippen LogP contribution in [0.1, 0.15) is 6.42 Å². The summed E-state index contributed by atoms with van der Waals surface area (Å²) >= 11 is 5.67. The summed E-state index contributed by atoms with van der Waals surface area (Å²) in [5.74, 6) is 0.767. The Hall–Kier alpha value is -1.56. The smallest absolute Gasteiger partial charge is 0.407 e. The summed E-state index contributed by atoms with van der Waals surface area (Å²) in [6.45, 7) is 1.52. The van der Waals surface area contributed by atoms with Gasteiger partial charge < -0.3 is 15.0 Å². The van der Waals surface area contributed by atoms with Crippen LogP contribution >= 0.6 is 11.6 Å². The molecule has 1 fully saturated rings. The molecule has 0 spiro atoms. The number of methoxy groups -OCH3 is 1. The third-order valence-electron chi connectivity index (χ3n) is 2.64. The molecule has 1 aliphatic heterocycles. The predicted molar refractivity (Wildman–Crippen MR) is 63.2 cm³/mol. The van der Waals surface area contributed by atoms with Gasteiger partial charge in [-0.25, -0.2) is 4.79 Å². The van der Waals surface area contributed by atoms with Gasteiger partial charge in [-0.05, 0) is 18.6 Å². The van der Waals surface area contributed by atoms with Gasteiger partial charge in [0.05, 0.1) is 13.2 Å². The lowest BCUT2D eigenvalue weighted by molar-refractivity contribution is 0.167. The zero-order chi connectivity index (χ0) is 12.3. The lowest BCUT2D eigenvalue weighted by Crippen LogP contribution is -2.37. The number of hydrogen-bond acceptors (Lipinski definition) is 5. The maximum Gasteiger partial charge on any atom is 0.407 e. The van der Waals surface area contributed by atoms with Crippen molar-refractivity contribution >= 4 is 23.5 Å². The van der Waals surface area contributed by atoms with Gasteiger partial charge in [-0.15, -0.1) is 10.2 Å². The van der Waals surface area contributed by atoms with E-state index < -0.39 is 6.09 Å². The first-order valence-corrected chi connectivity index (χ1v) is 5.65. The average molecular weight is 257 g/mol. The van der Waals surface area contributed by atoms with Gasteiger partial charge in [0.15, 0.2) is 11.0 Å². The molecule has 1 aromatic heterocycles. The fraction of sp³-hybridized carbons (Fsp3) is 0.500. The highest BCUT2D eigenvalue weighted by atomic mass is 35.5. The first-order chi connectivity index (χ1) is 8.19. The van der Waals surface area contributed by atoms with Crippen molar-refractivity contribution in [3.05, 3.63) is 17.3 Å². The normalized spacial score (nSPS) is 19.2. The molecule has 92 valence electrons. The fourth-order valence-corrected chi connectivity index (χ4v) is 1.89. The Morgan fingerprint density at radius 2 is 2.41 bits per heavy atom. The highest BCUT2D eigenvalue weighted by Gasteiger charge is 2.25. The van der Waals surface area contributed by atoms with Crippen molar-refractivity contribution in [2.24, 2.45) is 0 Å². The first-order valence-electron chi connectivity index (χ1n) is 5.27. The van der Waals surface area contributed by atoms with E-state index in [2.05, 4.69) is 20.3 Å². The molecule has 1 unspecified atom stereocenters. The SMILES string of the molecule is COC(=O)NC1CCN(c2ccc(Cl)nn2)C1. The third-order valence-corrected chi connectivity index (χ3v) is 2.84. The molecule has 0 radical (unpaired) electrons. The first kappa shape index (κ1) is 11.9. The molecule has 7 heteroatoms. The fourth-order valence-electron chi connectivity index (χ4n) is 1.79. The van der Waals surface area contributed by atoms with Crippen LogP contribution in [-0.4, -0.2) is 42.5 Å². The molecule has 1 amide bonds. The maximum absolute atomic E-state index is 11.1. The minimum absolute atomic E-state index is 0.0833. The Kier molecular flexibility index (Phi) is 3.63. The second kappa shape index (κ2) is 5.18. The molecular weight excluding hydrogens is 244 g/mol. The number of carbonyl (C=O) groups is 1. The Morgan fingerprint density at radius 1 is 1.59 bits per heavy atom. The summed E-state index contributed by atoms with van der Waals surface area (Å²) < 4.78 is 4.55. The summed E-state index contributed by atoms with van der Waals surface area (Å²) in [5, 5.41) is 10.9. The minimum atomic E-state index is -0.404. The highest BCUT2D eigenvalue weighted by molar-refractivity contribution is 6.29. The summed E-state index contributed by atoms with van der Waals surface area (Å²) in [4.78, 5) is 13.1. The van der Waals surface area contributed by atoms with Gasteiger partial charge in [-0.2, -0.15) is 0 Å². The maximum atomic E-state index is 11.1. The van der Waals surface area contributed by atoms with E-state index in [0.29, 0.717) is 11.7 Å². The molecule has 1 aliphatic rings. The van der Waals surface area contributed by atoms with Crippen molar-refractivity contribution in [1.82, 2.24) is 15.5 Å².